The highest BCUT2D eigenvalue weighted by Crippen LogP contribution is 2.35. The van der Waals surface area contributed by atoms with E-state index in [9.17, 15) is 0 Å². The third-order valence-electron chi connectivity index (χ3n) is 3.21. The van der Waals surface area contributed by atoms with Gasteiger partial charge in [0.1, 0.15) is 11.2 Å². The topological polar surface area (TPSA) is 35.5 Å². The van der Waals surface area contributed by atoms with Crippen LogP contribution < -0.4 is 4.52 Å². The highest BCUT2D eigenvalue weighted by molar-refractivity contribution is 7.31. The predicted octanol–water partition coefficient (Wildman–Crippen LogP) is 4.97. The van der Waals surface area contributed by atoms with Crippen molar-refractivity contribution in [3.05, 3.63) is 47.5 Å². The lowest BCUT2D eigenvalue weighted by Crippen LogP contribution is -1.80. The van der Waals surface area contributed by atoms with E-state index in [-0.39, 0.29) is 0 Å². The lowest BCUT2D eigenvalue weighted by molar-refractivity contribution is 0.454. The van der Waals surface area contributed by atoms with Gasteiger partial charge in [-0.05, 0) is 37.1 Å². The van der Waals surface area contributed by atoms with E-state index in [2.05, 4.69) is 26.0 Å². The van der Waals surface area contributed by atoms with Gasteiger partial charge in [-0.2, -0.15) is 0 Å². The van der Waals surface area contributed by atoms with Crippen molar-refractivity contribution >= 4 is 30.2 Å². The van der Waals surface area contributed by atoms with E-state index in [0.717, 1.165) is 21.9 Å². The highest BCUT2D eigenvalue weighted by Gasteiger charge is 2.09. The summed E-state index contributed by atoms with van der Waals surface area (Å²) in [6, 6.07) is 12.1. The first-order chi connectivity index (χ1) is 9.20. The molecule has 3 nitrogen and oxygen atoms in total. The summed E-state index contributed by atoms with van der Waals surface area (Å²) in [6.45, 7) is 4.16. The zero-order chi connectivity index (χ0) is 13.4. The molecule has 1 heterocycles. The Morgan fingerprint density at radius 1 is 0.842 bits per heavy atom. The van der Waals surface area contributed by atoms with Crippen LogP contribution in [0.2, 0.25) is 0 Å². The summed E-state index contributed by atoms with van der Waals surface area (Å²) >= 11 is 0. The Morgan fingerprint density at radius 3 is 1.74 bits per heavy atom. The van der Waals surface area contributed by atoms with Crippen LogP contribution in [0.15, 0.2) is 44.8 Å². The third-order valence-corrected chi connectivity index (χ3v) is 4.20. The quantitative estimate of drug-likeness (QED) is 0.628. The minimum absolute atomic E-state index is 0.820. The average molecular weight is 274 g/mol. The second kappa shape index (κ2) is 4.76. The molecule has 0 unspecified atom stereocenters. The molecule has 0 saturated carbocycles. The van der Waals surface area contributed by atoms with Gasteiger partial charge in [0, 0.05) is 10.8 Å². The molecule has 4 heteroatoms. The van der Waals surface area contributed by atoms with Gasteiger partial charge in [-0.3, -0.25) is 4.52 Å². The van der Waals surface area contributed by atoms with Crippen molar-refractivity contribution in [3.8, 4) is 0 Å². The van der Waals surface area contributed by atoms with Crippen LogP contribution in [-0.4, -0.2) is 7.11 Å². The minimum atomic E-state index is -1.39. The van der Waals surface area contributed by atoms with E-state index in [1.807, 2.05) is 24.3 Å². The van der Waals surface area contributed by atoms with Crippen LogP contribution in [0.5, 0.6) is 0 Å². The van der Waals surface area contributed by atoms with E-state index >= 15 is 0 Å². The van der Waals surface area contributed by atoms with E-state index in [1.54, 1.807) is 7.11 Å². The molecule has 0 fully saturated rings. The predicted molar refractivity (Wildman–Crippen MR) is 78.3 cm³/mol. The van der Waals surface area contributed by atoms with Crippen LogP contribution in [0.1, 0.15) is 11.1 Å². The molecule has 0 amide bonds. The molecule has 0 aliphatic heterocycles. The second-order valence-electron chi connectivity index (χ2n) is 4.48. The molecular weight excluding hydrogens is 259 g/mol. The number of rotatable bonds is 1. The maximum Gasteiger partial charge on any atom is 0.387 e. The molecule has 3 aromatic rings. The molecule has 19 heavy (non-hydrogen) atoms. The maximum atomic E-state index is 5.84. The van der Waals surface area contributed by atoms with Crippen LogP contribution in [0, 0.1) is 13.8 Å². The molecule has 98 valence electrons. The molecule has 0 radical (unpaired) electrons. The van der Waals surface area contributed by atoms with Crippen molar-refractivity contribution in [3.63, 3.8) is 0 Å². The van der Waals surface area contributed by atoms with Crippen LogP contribution in [0.4, 0.5) is 0 Å². The number of benzene rings is 2. The fourth-order valence-corrected chi connectivity index (χ4v) is 3.14. The van der Waals surface area contributed by atoms with E-state index in [4.69, 9.17) is 12.9 Å². The average Bonchev–Trinajstić information content (AvgIpc) is 2.56. The van der Waals surface area contributed by atoms with Gasteiger partial charge in [0.2, 0.25) is 0 Å². The van der Waals surface area contributed by atoms with Gasteiger partial charge in [0.15, 0.2) is 0 Å². The van der Waals surface area contributed by atoms with Crippen molar-refractivity contribution in [1.82, 2.24) is 0 Å². The fraction of sp³-hybridized carbons (Fsp3) is 0.200. The number of hydrogen-bond acceptors (Lipinski definition) is 3. The maximum absolute atomic E-state index is 5.84. The van der Waals surface area contributed by atoms with Crippen LogP contribution in [0.25, 0.3) is 21.9 Å². The Kier molecular flexibility index (Phi) is 3.09. The van der Waals surface area contributed by atoms with E-state index in [0.29, 0.717) is 0 Å². The highest BCUT2D eigenvalue weighted by atomic mass is 31.1. The van der Waals surface area contributed by atoms with Gasteiger partial charge in [-0.1, -0.05) is 24.3 Å². The molecule has 3 rings (SSSR count). The zero-order valence-electron chi connectivity index (χ0n) is 11.1. The summed E-state index contributed by atoms with van der Waals surface area (Å²) in [5.41, 5.74) is 3.98. The third kappa shape index (κ3) is 2.05. The molecule has 0 aliphatic rings. The summed E-state index contributed by atoms with van der Waals surface area (Å²) in [7, 11) is 0.205. The fourth-order valence-electron chi connectivity index (χ4n) is 2.33. The van der Waals surface area contributed by atoms with Gasteiger partial charge in [0.25, 0.3) is 0 Å². The second-order valence-corrected chi connectivity index (χ2v) is 5.66. The minimum Gasteiger partial charge on any atom is -0.399 e. The standard InChI is InChI=1S/C15H15O3P/c1-10-6-4-8-12-14(10)15-11(2)7-5-9-13(15)18-19(16-3)17-12/h4-9H,1-3H3. The molecule has 0 aliphatic carbocycles. The van der Waals surface area contributed by atoms with Gasteiger partial charge in [-0.15, -0.1) is 0 Å². The molecule has 0 spiro atoms. The monoisotopic (exact) mass is 274 g/mol. The number of hydrogen-bond donors (Lipinski definition) is 0. The first-order valence-corrected chi connectivity index (χ1v) is 7.20. The Balaban J connectivity index is 2.68. The molecule has 2 aromatic carbocycles. The Hall–Kier alpha value is -1.70. The molecule has 1 aromatic heterocycles. The van der Waals surface area contributed by atoms with Crippen molar-refractivity contribution < 1.29 is 12.9 Å². The van der Waals surface area contributed by atoms with Crippen LogP contribution in [0.3, 0.4) is 0 Å². The number of fused-ring (bicyclic) bond motifs is 3. The van der Waals surface area contributed by atoms with Gasteiger partial charge in [-0.25, -0.2) is 0 Å². The summed E-state index contributed by atoms with van der Waals surface area (Å²) in [4.78, 5) is 0. The van der Waals surface area contributed by atoms with Crippen molar-refractivity contribution in [2.75, 3.05) is 7.11 Å². The summed E-state index contributed by atoms with van der Waals surface area (Å²) < 4.78 is 17.0. The Morgan fingerprint density at radius 2 is 1.32 bits per heavy atom. The van der Waals surface area contributed by atoms with E-state index < -0.39 is 8.24 Å². The van der Waals surface area contributed by atoms with Crippen LogP contribution >= 0.6 is 8.24 Å². The SMILES string of the molecule is COp1oc2cccc(C)c2c2c(C)cccc2o1. The first kappa shape index (κ1) is 12.3. The normalized spacial score (nSPS) is 11.1. The molecule has 0 atom stereocenters. The van der Waals surface area contributed by atoms with E-state index in [1.165, 1.54) is 11.1 Å². The summed E-state index contributed by atoms with van der Waals surface area (Å²) in [5.74, 6) is 0. The van der Waals surface area contributed by atoms with Gasteiger partial charge in [0.05, 0.1) is 7.11 Å². The van der Waals surface area contributed by atoms with Crippen molar-refractivity contribution in [1.29, 1.82) is 0 Å². The Labute approximate surface area is 112 Å². The molecule has 0 bridgehead atoms. The molecule has 0 saturated heterocycles. The number of aryl methyl sites for hydroxylation is 2. The molecule has 0 N–H and O–H groups in total. The first-order valence-electron chi connectivity index (χ1n) is 6.10. The zero-order valence-corrected chi connectivity index (χ0v) is 12.0. The van der Waals surface area contributed by atoms with Crippen molar-refractivity contribution in [2.45, 2.75) is 13.8 Å². The summed E-state index contributed by atoms with van der Waals surface area (Å²) in [5, 5.41) is 2.19. The van der Waals surface area contributed by atoms with Crippen molar-refractivity contribution in [2.24, 2.45) is 0 Å². The molecular formula is C15H15O3P. The summed E-state index contributed by atoms with van der Waals surface area (Å²) in [6.07, 6.45) is 0. The van der Waals surface area contributed by atoms with Gasteiger partial charge >= 0.3 is 8.24 Å². The lowest BCUT2D eigenvalue weighted by Gasteiger charge is -2.02. The lowest BCUT2D eigenvalue weighted by atomic mass is 10.0. The Bertz CT molecular complexity index is 726. The van der Waals surface area contributed by atoms with Gasteiger partial charge < -0.3 is 8.39 Å². The smallest absolute Gasteiger partial charge is 0.387 e. The largest absolute Gasteiger partial charge is 0.399 e. The van der Waals surface area contributed by atoms with Crippen LogP contribution in [-0.2, 0) is 0 Å².